The summed E-state index contributed by atoms with van der Waals surface area (Å²) in [5.74, 6) is -1.24. The first-order valence-corrected chi connectivity index (χ1v) is 4.58. The smallest absolute Gasteiger partial charge is 0.113 e. The second-order valence-corrected chi connectivity index (χ2v) is 3.12. The molecule has 1 aromatic heterocycles. The summed E-state index contributed by atoms with van der Waals surface area (Å²) in [6.45, 7) is 0. The van der Waals surface area contributed by atoms with E-state index in [0.717, 1.165) is 12.1 Å². The van der Waals surface area contributed by atoms with Crippen LogP contribution in [-0.2, 0) is 0 Å². The van der Waals surface area contributed by atoms with Gasteiger partial charge in [0.05, 0.1) is 18.7 Å². The van der Waals surface area contributed by atoms with E-state index in [-0.39, 0.29) is 0 Å². The van der Waals surface area contributed by atoms with E-state index in [2.05, 4.69) is 11.1 Å². The van der Waals surface area contributed by atoms with Gasteiger partial charge in [-0.1, -0.05) is 0 Å². The molecule has 0 saturated carbocycles. The molecule has 0 atom stereocenters. The first-order chi connectivity index (χ1) is 7.70. The lowest BCUT2D eigenvalue weighted by Crippen LogP contribution is -1.90. The Morgan fingerprint density at radius 1 is 1.25 bits per heavy atom. The Hall–Kier alpha value is -1.97. The third kappa shape index (κ3) is 2.00. The van der Waals surface area contributed by atoms with Gasteiger partial charge in [-0.25, -0.2) is 4.39 Å². The molecule has 2 rings (SSSR count). The van der Waals surface area contributed by atoms with Crippen LogP contribution in [0.4, 0.5) is 8.78 Å². The van der Waals surface area contributed by atoms with Crippen LogP contribution in [0.3, 0.4) is 0 Å². The molecule has 2 aromatic rings. The highest BCUT2D eigenvalue weighted by Gasteiger charge is 1.98. The van der Waals surface area contributed by atoms with E-state index in [0.29, 0.717) is 17.0 Å². The van der Waals surface area contributed by atoms with Gasteiger partial charge in [0.1, 0.15) is 5.75 Å². The van der Waals surface area contributed by atoms with Crippen LogP contribution in [0.5, 0.6) is 5.75 Å². The van der Waals surface area contributed by atoms with Crippen LogP contribution in [0.25, 0.3) is 11.3 Å². The van der Waals surface area contributed by atoms with Crippen molar-refractivity contribution in [3.05, 3.63) is 48.2 Å². The van der Waals surface area contributed by atoms with Gasteiger partial charge in [0.2, 0.25) is 0 Å². The van der Waals surface area contributed by atoms with E-state index < -0.39 is 11.6 Å². The molecule has 0 unspecified atom stereocenters. The minimum absolute atomic E-state index is 0.387. The summed E-state index contributed by atoms with van der Waals surface area (Å²) in [7, 11) is 1.52. The SMILES string of the molecule is COc1ccnc(-c2[c-]cc(F)c(F)c2)c1. The van der Waals surface area contributed by atoms with Crippen molar-refractivity contribution in [2.45, 2.75) is 0 Å². The standard InChI is InChI=1S/C12H8F2NO/c1-16-9-4-5-15-12(7-9)8-2-3-10(13)11(14)6-8/h3-7H,1H3/q-1. The van der Waals surface area contributed by atoms with Crippen LogP contribution >= 0.6 is 0 Å². The van der Waals surface area contributed by atoms with Gasteiger partial charge in [0.25, 0.3) is 0 Å². The fraction of sp³-hybridized carbons (Fsp3) is 0.0833. The number of rotatable bonds is 2. The number of pyridine rings is 1. The molecule has 0 N–H and O–H groups in total. The van der Waals surface area contributed by atoms with Gasteiger partial charge in [-0.2, -0.15) is 0 Å². The van der Waals surface area contributed by atoms with Crippen molar-refractivity contribution in [2.75, 3.05) is 7.11 Å². The molecule has 4 heteroatoms. The van der Waals surface area contributed by atoms with Crippen LogP contribution in [0.2, 0.25) is 0 Å². The van der Waals surface area contributed by atoms with E-state index in [4.69, 9.17) is 4.74 Å². The van der Waals surface area contributed by atoms with Crippen molar-refractivity contribution in [2.24, 2.45) is 0 Å². The molecule has 82 valence electrons. The maximum absolute atomic E-state index is 13.0. The van der Waals surface area contributed by atoms with Crippen LogP contribution in [0.15, 0.2) is 30.5 Å². The van der Waals surface area contributed by atoms with Crippen molar-refractivity contribution in [3.8, 4) is 17.0 Å². The third-order valence-corrected chi connectivity index (χ3v) is 2.10. The third-order valence-electron chi connectivity index (χ3n) is 2.10. The lowest BCUT2D eigenvalue weighted by molar-refractivity contribution is 0.414. The zero-order valence-electron chi connectivity index (χ0n) is 8.50. The Balaban J connectivity index is 2.46. The molecule has 0 fully saturated rings. The van der Waals surface area contributed by atoms with Crippen LogP contribution in [0.1, 0.15) is 0 Å². The summed E-state index contributed by atoms with van der Waals surface area (Å²) in [5, 5.41) is 0. The number of hydrogen-bond donors (Lipinski definition) is 0. The van der Waals surface area contributed by atoms with Crippen LogP contribution < -0.4 is 4.74 Å². The number of nitrogens with zero attached hydrogens (tertiary/aromatic N) is 1. The molecular weight excluding hydrogens is 212 g/mol. The maximum atomic E-state index is 13.0. The Morgan fingerprint density at radius 2 is 2.06 bits per heavy atom. The van der Waals surface area contributed by atoms with Crippen LogP contribution in [0, 0.1) is 17.7 Å². The second-order valence-electron chi connectivity index (χ2n) is 3.12. The molecule has 0 amide bonds. The van der Waals surface area contributed by atoms with Crippen molar-refractivity contribution < 1.29 is 13.5 Å². The Morgan fingerprint density at radius 3 is 2.75 bits per heavy atom. The second kappa shape index (κ2) is 4.26. The minimum Gasteiger partial charge on any atom is -0.497 e. The summed E-state index contributed by atoms with van der Waals surface area (Å²) in [4.78, 5) is 4.03. The molecule has 0 aliphatic heterocycles. The highest BCUT2D eigenvalue weighted by atomic mass is 19.2. The lowest BCUT2D eigenvalue weighted by Gasteiger charge is -2.10. The van der Waals surface area contributed by atoms with Gasteiger partial charge in [-0.05, 0) is 17.8 Å². The average Bonchev–Trinajstić information content (AvgIpc) is 2.33. The fourth-order valence-electron chi connectivity index (χ4n) is 1.28. The Labute approximate surface area is 91.5 Å². The van der Waals surface area contributed by atoms with Gasteiger partial charge in [0, 0.05) is 6.20 Å². The van der Waals surface area contributed by atoms with Crippen LogP contribution in [-0.4, -0.2) is 12.1 Å². The highest BCUT2D eigenvalue weighted by Crippen LogP contribution is 2.22. The minimum atomic E-state index is -0.924. The molecule has 0 spiro atoms. The van der Waals surface area contributed by atoms with E-state index in [1.807, 2.05) is 0 Å². The number of benzene rings is 1. The Bertz CT molecular complexity index is 514. The number of hydrogen-bond acceptors (Lipinski definition) is 2. The predicted molar refractivity (Wildman–Crippen MR) is 55.0 cm³/mol. The van der Waals surface area contributed by atoms with Gasteiger partial charge in [0.15, 0.2) is 0 Å². The van der Waals surface area contributed by atoms with Gasteiger partial charge >= 0.3 is 0 Å². The zero-order valence-corrected chi connectivity index (χ0v) is 8.50. The molecule has 1 heterocycles. The van der Waals surface area contributed by atoms with E-state index in [9.17, 15) is 8.78 Å². The van der Waals surface area contributed by atoms with Crippen molar-refractivity contribution >= 4 is 0 Å². The number of halogens is 2. The molecule has 16 heavy (non-hydrogen) atoms. The largest absolute Gasteiger partial charge is 0.497 e. The quantitative estimate of drug-likeness (QED) is 0.726. The summed E-state index contributed by atoms with van der Waals surface area (Å²) in [5.41, 5.74) is 0.871. The Kier molecular flexibility index (Phi) is 2.81. The van der Waals surface area contributed by atoms with Crippen molar-refractivity contribution in [1.29, 1.82) is 0 Å². The zero-order chi connectivity index (χ0) is 11.5. The molecular formula is C12H8F2NO-. The molecule has 2 nitrogen and oxygen atoms in total. The van der Waals surface area contributed by atoms with E-state index in [1.54, 1.807) is 12.1 Å². The number of aromatic nitrogens is 1. The number of methoxy groups -OCH3 is 1. The van der Waals surface area contributed by atoms with Crippen molar-refractivity contribution in [1.82, 2.24) is 4.98 Å². The molecule has 0 aliphatic carbocycles. The number of ether oxygens (including phenoxy) is 1. The van der Waals surface area contributed by atoms with E-state index in [1.165, 1.54) is 13.3 Å². The summed E-state index contributed by atoms with van der Waals surface area (Å²) >= 11 is 0. The highest BCUT2D eigenvalue weighted by molar-refractivity contribution is 5.59. The van der Waals surface area contributed by atoms with Gasteiger partial charge in [-0.3, -0.25) is 4.39 Å². The first kappa shape index (κ1) is 10.5. The monoisotopic (exact) mass is 220 g/mol. The normalized spacial score (nSPS) is 10.2. The maximum Gasteiger partial charge on any atom is 0.113 e. The van der Waals surface area contributed by atoms with Gasteiger partial charge in [-0.15, -0.1) is 23.8 Å². The molecule has 0 saturated heterocycles. The average molecular weight is 220 g/mol. The summed E-state index contributed by atoms with van der Waals surface area (Å²) < 4.78 is 30.7. The predicted octanol–water partition coefficient (Wildman–Crippen LogP) is 2.84. The molecule has 0 aliphatic rings. The summed E-state index contributed by atoms with van der Waals surface area (Å²) in [6, 6.07) is 7.91. The topological polar surface area (TPSA) is 22.1 Å². The summed E-state index contributed by atoms with van der Waals surface area (Å²) in [6.07, 6.45) is 1.53. The van der Waals surface area contributed by atoms with Gasteiger partial charge < -0.3 is 9.72 Å². The molecule has 0 bridgehead atoms. The molecule has 1 aromatic carbocycles. The van der Waals surface area contributed by atoms with E-state index >= 15 is 0 Å². The lowest BCUT2D eigenvalue weighted by atomic mass is 10.1. The van der Waals surface area contributed by atoms with Crippen molar-refractivity contribution in [3.63, 3.8) is 0 Å². The molecule has 0 radical (unpaired) electrons. The fourth-order valence-corrected chi connectivity index (χ4v) is 1.28. The first-order valence-electron chi connectivity index (χ1n) is 4.58.